The molecule has 0 unspecified atom stereocenters. The van der Waals surface area contributed by atoms with Crippen molar-refractivity contribution < 1.29 is 4.79 Å². The minimum atomic E-state index is 0.117. The Bertz CT molecular complexity index is 810. The van der Waals surface area contributed by atoms with E-state index >= 15 is 0 Å². The van der Waals surface area contributed by atoms with E-state index in [1.165, 1.54) is 5.56 Å². The standard InChI is InChI=1S/C21H25N5O/c1-17-8-11-26(23-17)20-4-2-19(3-5-20)21(27)25-14-12-24(13-15-25)16-18-6-9-22-10-7-18/h2-7,9-10H,8,11-16H2,1H3. The van der Waals surface area contributed by atoms with Crippen molar-refractivity contribution in [3.63, 3.8) is 0 Å². The quantitative estimate of drug-likeness (QED) is 0.838. The van der Waals surface area contributed by atoms with E-state index in [1.807, 2.05) is 65.6 Å². The molecule has 2 aromatic rings. The van der Waals surface area contributed by atoms with Crippen LogP contribution in [0.4, 0.5) is 5.69 Å². The van der Waals surface area contributed by atoms with E-state index in [9.17, 15) is 4.79 Å². The normalized spacial score (nSPS) is 17.9. The van der Waals surface area contributed by atoms with Crippen LogP contribution in [-0.4, -0.2) is 59.1 Å². The summed E-state index contributed by atoms with van der Waals surface area (Å²) in [6, 6.07) is 11.9. The lowest BCUT2D eigenvalue weighted by Crippen LogP contribution is -2.48. The second kappa shape index (κ2) is 7.88. The van der Waals surface area contributed by atoms with Crippen LogP contribution in [-0.2, 0) is 6.54 Å². The molecule has 1 aromatic heterocycles. The number of hydrogen-bond acceptors (Lipinski definition) is 5. The highest BCUT2D eigenvalue weighted by molar-refractivity contribution is 5.94. The third kappa shape index (κ3) is 4.17. The van der Waals surface area contributed by atoms with Gasteiger partial charge in [-0.15, -0.1) is 0 Å². The average Bonchev–Trinajstić information content (AvgIpc) is 3.15. The van der Waals surface area contributed by atoms with Gasteiger partial charge in [-0.2, -0.15) is 5.10 Å². The fraction of sp³-hybridized carbons (Fsp3) is 0.381. The van der Waals surface area contributed by atoms with E-state index < -0.39 is 0 Å². The van der Waals surface area contributed by atoms with Gasteiger partial charge in [-0.05, 0) is 48.9 Å². The minimum Gasteiger partial charge on any atom is -0.336 e. The first-order valence-corrected chi connectivity index (χ1v) is 9.51. The first-order valence-electron chi connectivity index (χ1n) is 9.51. The molecule has 0 bridgehead atoms. The molecule has 2 aliphatic rings. The molecule has 0 atom stereocenters. The number of carbonyl (C=O) groups is 1. The summed E-state index contributed by atoms with van der Waals surface area (Å²) in [4.78, 5) is 21.2. The van der Waals surface area contributed by atoms with Gasteiger partial charge in [0.1, 0.15) is 0 Å². The van der Waals surface area contributed by atoms with Crippen LogP contribution in [0.25, 0.3) is 0 Å². The van der Waals surface area contributed by atoms with Crippen LogP contribution in [0.2, 0.25) is 0 Å². The summed E-state index contributed by atoms with van der Waals surface area (Å²) in [6.07, 6.45) is 4.66. The molecule has 140 valence electrons. The van der Waals surface area contributed by atoms with Gasteiger partial charge in [0.05, 0.1) is 5.69 Å². The van der Waals surface area contributed by atoms with Gasteiger partial charge in [0.2, 0.25) is 0 Å². The van der Waals surface area contributed by atoms with E-state index in [0.717, 1.165) is 62.7 Å². The summed E-state index contributed by atoms with van der Waals surface area (Å²) in [6.45, 7) is 7.20. The molecule has 4 rings (SSSR count). The second-order valence-electron chi connectivity index (χ2n) is 7.18. The Morgan fingerprint density at radius 1 is 0.963 bits per heavy atom. The number of amides is 1. The van der Waals surface area contributed by atoms with Gasteiger partial charge in [-0.1, -0.05) is 0 Å². The molecule has 0 saturated carbocycles. The zero-order valence-electron chi connectivity index (χ0n) is 15.7. The highest BCUT2D eigenvalue weighted by Crippen LogP contribution is 2.21. The minimum absolute atomic E-state index is 0.117. The van der Waals surface area contributed by atoms with Crippen molar-refractivity contribution >= 4 is 17.3 Å². The van der Waals surface area contributed by atoms with Crippen LogP contribution < -0.4 is 5.01 Å². The molecule has 1 aromatic carbocycles. The zero-order valence-corrected chi connectivity index (χ0v) is 15.7. The average molecular weight is 363 g/mol. The Morgan fingerprint density at radius 3 is 2.30 bits per heavy atom. The molecule has 1 fully saturated rings. The van der Waals surface area contributed by atoms with Crippen molar-refractivity contribution in [3.05, 3.63) is 59.9 Å². The molecule has 1 amide bonds. The predicted octanol–water partition coefficient (Wildman–Crippen LogP) is 2.63. The summed E-state index contributed by atoms with van der Waals surface area (Å²) in [5.41, 5.74) is 4.21. The Morgan fingerprint density at radius 2 is 1.67 bits per heavy atom. The number of nitrogens with zero attached hydrogens (tertiary/aromatic N) is 5. The summed E-state index contributed by atoms with van der Waals surface area (Å²) in [7, 11) is 0. The lowest BCUT2D eigenvalue weighted by atomic mass is 10.1. The van der Waals surface area contributed by atoms with Crippen molar-refractivity contribution in [2.45, 2.75) is 19.9 Å². The molecule has 1 saturated heterocycles. The highest BCUT2D eigenvalue weighted by Gasteiger charge is 2.22. The second-order valence-corrected chi connectivity index (χ2v) is 7.18. The van der Waals surface area contributed by atoms with Crippen LogP contribution in [0.1, 0.15) is 29.3 Å². The van der Waals surface area contributed by atoms with Crippen molar-refractivity contribution in [1.82, 2.24) is 14.8 Å². The maximum atomic E-state index is 12.8. The fourth-order valence-corrected chi connectivity index (χ4v) is 3.57. The molecular weight excluding hydrogens is 338 g/mol. The summed E-state index contributed by atoms with van der Waals surface area (Å²) in [5.74, 6) is 0.117. The van der Waals surface area contributed by atoms with Gasteiger partial charge in [0.15, 0.2) is 0 Å². The lowest BCUT2D eigenvalue weighted by molar-refractivity contribution is 0.0628. The number of carbonyl (C=O) groups excluding carboxylic acids is 1. The van der Waals surface area contributed by atoms with E-state index in [0.29, 0.717) is 0 Å². The first kappa shape index (κ1) is 17.7. The number of hydrazone groups is 1. The number of rotatable bonds is 4. The SMILES string of the molecule is CC1=NN(c2ccc(C(=O)N3CCN(Cc4ccncc4)CC3)cc2)CC1. The third-order valence-electron chi connectivity index (χ3n) is 5.20. The molecule has 27 heavy (non-hydrogen) atoms. The van der Waals surface area contributed by atoms with Crippen molar-refractivity contribution in [2.24, 2.45) is 5.10 Å². The third-order valence-corrected chi connectivity index (χ3v) is 5.20. The maximum Gasteiger partial charge on any atom is 0.253 e. The molecule has 2 aliphatic heterocycles. The summed E-state index contributed by atoms with van der Waals surface area (Å²) < 4.78 is 0. The van der Waals surface area contributed by atoms with Crippen LogP contribution >= 0.6 is 0 Å². The van der Waals surface area contributed by atoms with Gasteiger partial charge < -0.3 is 4.90 Å². The van der Waals surface area contributed by atoms with E-state index in [-0.39, 0.29) is 5.91 Å². The molecule has 0 aliphatic carbocycles. The van der Waals surface area contributed by atoms with Crippen LogP contribution in [0.15, 0.2) is 53.9 Å². The Hall–Kier alpha value is -2.73. The monoisotopic (exact) mass is 363 g/mol. The Labute approximate surface area is 160 Å². The largest absolute Gasteiger partial charge is 0.336 e. The molecule has 0 N–H and O–H groups in total. The van der Waals surface area contributed by atoms with E-state index in [2.05, 4.69) is 15.0 Å². The van der Waals surface area contributed by atoms with Crippen molar-refractivity contribution in [2.75, 3.05) is 37.7 Å². The maximum absolute atomic E-state index is 12.8. The Kier molecular flexibility index (Phi) is 5.16. The van der Waals surface area contributed by atoms with Gasteiger partial charge in [-0.25, -0.2) is 0 Å². The topological polar surface area (TPSA) is 52.0 Å². The number of pyridine rings is 1. The summed E-state index contributed by atoms with van der Waals surface area (Å²) in [5, 5.41) is 6.51. The van der Waals surface area contributed by atoms with Crippen LogP contribution in [0.5, 0.6) is 0 Å². The predicted molar refractivity (Wildman–Crippen MR) is 107 cm³/mol. The molecule has 3 heterocycles. The zero-order chi connectivity index (χ0) is 18.6. The van der Waals surface area contributed by atoms with Gasteiger partial charge in [-0.3, -0.25) is 19.7 Å². The molecule has 0 radical (unpaired) electrons. The van der Waals surface area contributed by atoms with Crippen LogP contribution in [0.3, 0.4) is 0 Å². The van der Waals surface area contributed by atoms with Crippen molar-refractivity contribution in [1.29, 1.82) is 0 Å². The molecule has 0 spiro atoms. The number of hydrogen-bond donors (Lipinski definition) is 0. The number of aromatic nitrogens is 1. The molecular formula is C21H25N5O. The fourth-order valence-electron chi connectivity index (χ4n) is 3.57. The van der Waals surface area contributed by atoms with Gasteiger partial charge >= 0.3 is 0 Å². The van der Waals surface area contributed by atoms with Gasteiger partial charge in [0, 0.05) is 69.4 Å². The van der Waals surface area contributed by atoms with Gasteiger partial charge in [0.25, 0.3) is 5.91 Å². The highest BCUT2D eigenvalue weighted by atomic mass is 16.2. The number of benzene rings is 1. The molecule has 6 nitrogen and oxygen atoms in total. The Balaban J connectivity index is 1.32. The van der Waals surface area contributed by atoms with Crippen LogP contribution in [0, 0.1) is 0 Å². The number of piperazine rings is 1. The lowest BCUT2D eigenvalue weighted by Gasteiger charge is -2.34. The van der Waals surface area contributed by atoms with Crippen molar-refractivity contribution in [3.8, 4) is 0 Å². The first-order chi connectivity index (χ1) is 13.2. The summed E-state index contributed by atoms with van der Waals surface area (Å²) >= 11 is 0. The van der Waals surface area contributed by atoms with E-state index in [1.54, 1.807) is 0 Å². The van der Waals surface area contributed by atoms with E-state index in [4.69, 9.17) is 0 Å². The smallest absolute Gasteiger partial charge is 0.253 e. The molecule has 6 heteroatoms. The number of anilines is 1.